The van der Waals surface area contributed by atoms with E-state index in [1.807, 2.05) is 5.38 Å². The van der Waals surface area contributed by atoms with E-state index in [0.29, 0.717) is 4.47 Å². The Bertz CT molecular complexity index is 554. The predicted molar refractivity (Wildman–Crippen MR) is 75.7 cm³/mol. The van der Waals surface area contributed by atoms with E-state index in [0.717, 1.165) is 5.56 Å². The predicted octanol–water partition coefficient (Wildman–Crippen LogP) is 3.11. The number of carbonyl (C=O) groups excluding carboxylic acids is 1. The molecule has 0 spiro atoms. The second-order valence-electron chi connectivity index (χ2n) is 3.88. The molecule has 2 N–H and O–H groups in total. The number of halogens is 2. The Labute approximate surface area is 122 Å². The fraction of sp³-hybridized carbons (Fsp3) is 0.154. The van der Waals surface area contributed by atoms with Gasteiger partial charge in [-0.1, -0.05) is 6.07 Å². The first-order valence-electron chi connectivity index (χ1n) is 5.52. The summed E-state index contributed by atoms with van der Waals surface area (Å²) in [5, 5.41) is 16.0. The average molecular weight is 344 g/mol. The van der Waals surface area contributed by atoms with E-state index in [2.05, 4.69) is 21.2 Å². The van der Waals surface area contributed by atoms with Crippen LogP contribution in [-0.2, 0) is 0 Å². The highest BCUT2D eigenvalue weighted by Crippen LogP contribution is 2.20. The number of aliphatic hydroxyl groups is 1. The quantitative estimate of drug-likeness (QED) is 0.895. The third kappa shape index (κ3) is 3.40. The second kappa shape index (κ2) is 6.27. The number of hydrogen-bond acceptors (Lipinski definition) is 3. The molecule has 100 valence electrons. The molecule has 1 heterocycles. The van der Waals surface area contributed by atoms with Gasteiger partial charge in [-0.25, -0.2) is 4.39 Å². The van der Waals surface area contributed by atoms with Crippen LogP contribution in [0.2, 0.25) is 0 Å². The SMILES string of the molecule is O=C(NC[C@@H](O)c1ccsc1)c1c(F)cccc1Br. The maximum absolute atomic E-state index is 13.5. The zero-order chi connectivity index (χ0) is 13.8. The van der Waals surface area contributed by atoms with Crippen molar-refractivity contribution in [1.29, 1.82) is 0 Å². The summed E-state index contributed by atoms with van der Waals surface area (Å²) in [6.45, 7) is 0.0380. The van der Waals surface area contributed by atoms with Crippen LogP contribution in [-0.4, -0.2) is 17.6 Å². The Balaban J connectivity index is 2.02. The molecule has 1 amide bonds. The topological polar surface area (TPSA) is 49.3 Å². The molecule has 19 heavy (non-hydrogen) atoms. The minimum atomic E-state index is -0.791. The molecular formula is C13H11BrFNO2S. The number of nitrogens with one attached hydrogen (secondary N) is 1. The summed E-state index contributed by atoms with van der Waals surface area (Å²) >= 11 is 4.60. The summed E-state index contributed by atoms with van der Waals surface area (Å²) in [4.78, 5) is 11.9. The van der Waals surface area contributed by atoms with Crippen molar-refractivity contribution in [3.63, 3.8) is 0 Å². The first-order chi connectivity index (χ1) is 9.09. The molecule has 2 rings (SSSR count). The Morgan fingerprint density at radius 1 is 1.47 bits per heavy atom. The number of aliphatic hydroxyl groups excluding tert-OH is 1. The van der Waals surface area contributed by atoms with E-state index < -0.39 is 17.8 Å². The van der Waals surface area contributed by atoms with Crippen LogP contribution in [0.5, 0.6) is 0 Å². The molecule has 0 saturated heterocycles. The molecule has 2 aromatic rings. The molecule has 0 saturated carbocycles. The van der Waals surface area contributed by atoms with Gasteiger partial charge in [0.25, 0.3) is 5.91 Å². The van der Waals surface area contributed by atoms with E-state index in [1.165, 1.54) is 23.5 Å². The number of benzene rings is 1. The third-order valence-corrected chi connectivity index (χ3v) is 3.94. The molecule has 1 atom stereocenters. The number of amides is 1. The van der Waals surface area contributed by atoms with Crippen LogP contribution in [0.4, 0.5) is 4.39 Å². The summed E-state index contributed by atoms with van der Waals surface area (Å²) in [5.41, 5.74) is 0.679. The fourth-order valence-electron chi connectivity index (χ4n) is 1.57. The number of hydrogen-bond donors (Lipinski definition) is 2. The first kappa shape index (κ1) is 14.2. The van der Waals surface area contributed by atoms with Gasteiger partial charge in [0.15, 0.2) is 0 Å². The fourth-order valence-corrected chi connectivity index (χ4v) is 2.80. The lowest BCUT2D eigenvalue weighted by atomic mass is 10.1. The minimum Gasteiger partial charge on any atom is -0.387 e. The van der Waals surface area contributed by atoms with Gasteiger partial charge in [0.05, 0.1) is 11.7 Å². The third-order valence-electron chi connectivity index (χ3n) is 2.57. The van der Waals surface area contributed by atoms with E-state index in [4.69, 9.17) is 0 Å². The van der Waals surface area contributed by atoms with Crippen molar-refractivity contribution in [1.82, 2.24) is 5.32 Å². The Hall–Kier alpha value is -1.24. The molecule has 0 unspecified atom stereocenters. The van der Waals surface area contributed by atoms with E-state index >= 15 is 0 Å². The normalized spacial score (nSPS) is 12.2. The van der Waals surface area contributed by atoms with Gasteiger partial charge in [0, 0.05) is 11.0 Å². The van der Waals surface area contributed by atoms with Gasteiger partial charge in [-0.15, -0.1) is 0 Å². The standard InChI is InChI=1S/C13H11BrFNO2S/c14-9-2-1-3-10(15)12(9)13(18)16-6-11(17)8-4-5-19-7-8/h1-5,7,11,17H,6H2,(H,16,18)/t11-/m1/s1. The van der Waals surface area contributed by atoms with Gasteiger partial charge < -0.3 is 10.4 Å². The van der Waals surface area contributed by atoms with E-state index in [1.54, 1.807) is 17.5 Å². The van der Waals surface area contributed by atoms with Crippen molar-refractivity contribution in [2.24, 2.45) is 0 Å². The van der Waals surface area contributed by atoms with Gasteiger partial charge in [-0.2, -0.15) is 11.3 Å². The van der Waals surface area contributed by atoms with Gasteiger partial charge in [0.2, 0.25) is 0 Å². The molecule has 1 aromatic carbocycles. The molecule has 0 bridgehead atoms. The van der Waals surface area contributed by atoms with Crippen LogP contribution in [0.1, 0.15) is 22.0 Å². The lowest BCUT2D eigenvalue weighted by molar-refractivity contribution is 0.0911. The van der Waals surface area contributed by atoms with Crippen LogP contribution in [0, 0.1) is 5.82 Å². The number of carbonyl (C=O) groups is 1. The Morgan fingerprint density at radius 2 is 2.26 bits per heavy atom. The second-order valence-corrected chi connectivity index (χ2v) is 5.51. The summed E-state index contributed by atoms with van der Waals surface area (Å²) in [5.74, 6) is -1.16. The Morgan fingerprint density at radius 3 is 2.89 bits per heavy atom. The van der Waals surface area contributed by atoms with Crippen LogP contribution < -0.4 is 5.32 Å². The van der Waals surface area contributed by atoms with Crippen molar-refractivity contribution < 1.29 is 14.3 Å². The lowest BCUT2D eigenvalue weighted by Crippen LogP contribution is -2.29. The average Bonchev–Trinajstić information content (AvgIpc) is 2.89. The maximum Gasteiger partial charge on any atom is 0.255 e. The van der Waals surface area contributed by atoms with Crippen molar-refractivity contribution in [3.8, 4) is 0 Å². The summed E-state index contributed by atoms with van der Waals surface area (Å²) in [6.07, 6.45) is -0.791. The van der Waals surface area contributed by atoms with Gasteiger partial charge in [-0.3, -0.25) is 4.79 Å². The maximum atomic E-state index is 13.5. The number of rotatable bonds is 4. The molecule has 0 fully saturated rings. The molecule has 6 heteroatoms. The lowest BCUT2D eigenvalue weighted by Gasteiger charge is -2.11. The smallest absolute Gasteiger partial charge is 0.255 e. The van der Waals surface area contributed by atoms with Crippen molar-refractivity contribution in [2.45, 2.75) is 6.10 Å². The summed E-state index contributed by atoms with van der Waals surface area (Å²) < 4.78 is 13.9. The zero-order valence-corrected chi connectivity index (χ0v) is 12.2. The highest BCUT2D eigenvalue weighted by atomic mass is 79.9. The molecule has 0 aliphatic rings. The number of thiophene rings is 1. The summed E-state index contributed by atoms with van der Waals surface area (Å²) in [6, 6.07) is 6.10. The van der Waals surface area contributed by atoms with Crippen LogP contribution in [0.3, 0.4) is 0 Å². The molecular weight excluding hydrogens is 333 g/mol. The first-order valence-corrected chi connectivity index (χ1v) is 7.25. The molecule has 1 aromatic heterocycles. The minimum absolute atomic E-state index is 0.0380. The van der Waals surface area contributed by atoms with Crippen molar-refractivity contribution in [2.75, 3.05) is 6.54 Å². The highest BCUT2D eigenvalue weighted by Gasteiger charge is 2.16. The molecule has 0 aliphatic heterocycles. The van der Waals surface area contributed by atoms with Crippen LogP contribution in [0.25, 0.3) is 0 Å². The molecule has 0 radical (unpaired) electrons. The van der Waals surface area contributed by atoms with E-state index in [-0.39, 0.29) is 12.1 Å². The Kier molecular flexibility index (Phi) is 4.68. The summed E-state index contributed by atoms with van der Waals surface area (Å²) in [7, 11) is 0. The molecule has 0 aliphatic carbocycles. The van der Waals surface area contributed by atoms with Crippen LogP contribution >= 0.6 is 27.3 Å². The van der Waals surface area contributed by atoms with Crippen molar-refractivity contribution in [3.05, 3.63) is 56.4 Å². The molecule has 3 nitrogen and oxygen atoms in total. The monoisotopic (exact) mass is 343 g/mol. The van der Waals surface area contributed by atoms with E-state index in [9.17, 15) is 14.3 Å². The van der Waals surface area contributed by atoms with Gasteiger partial charge >= 0.3 is 0 Å². The largest absolute Gasteiger partial charge is 0.387 e. The highest BCUT2D eigenvalue weighted by molar-refractivity contribution is 9.10. The van der Waals surface area contributed by atoms with Crippen LogP contribution in [0.15, 0.2) is 39.5 Å². The van der Waals surface area contributed by atoms with Gasteiger partial charge in [-0.05, 0) is 50.5 Å². The van der Waals surface area contributed by atoms with Gasteiger partial charge in [0.1, 0.15) is 5.82 Å². The van der Waals surface area contributed by atoms with Crippen molar-refractivity contribution >= 4 is 33.2 Å². The zero-order valence-electron chi connectivity index (χ0n) is 9.77.